The monoisotopic (exact) mass is 699 g/mol. The molecule has 46 heavy (non-hydrogen) atoms. The topological polar surface area (TPSA) is 140 Å². The van der Waals surface area contributed by atoms with Crippen LogP contribution in [0.3, 0.4) is 0 Å². The molecule has 4 rings (SSSR count). The summed E-state index contributed by atoms with van der Waals surface area (Å²) in [5.41, 5.74) is 1.42. The Morgan fingerprint density at radius 1 is 0.913 bits per heavy atom. The first-order valence-electron chi connectivity index (χ1n) is 12.9. The summed E-state index contributed by atoms with van der Waals surface area (Å²) in [5, 5.41) is 23.6. The number of rotatable bonds is 6. The number of ether oxygens (including phenoxy) is 1. The Kier molecular flexibility index (Phi) is 15.4. The SMILES string of the molecule is CN1C[C@@H](COCc2ccccn2)[C@]2(CCN(Cc3cccs3)C2)C1.O=C(O)C(F)(F)F.O=C(O)C(F)(F)F.O=C(O)C(F)(F)F. The minimum Gasteiger partial charge on any atom is -0.475 e. The molecule has 0 amide bonds. The van der Waals surface area contributed by atoms with Gasteiger partial charge in [0.1, 0.15) is 0 Å². The second kappa shape index (κ2) is 17.4. The normalized spacial score (nSPS) is 20.1. The fourth-order valence-electron chi connectivity index (χ4n) is 4.52. The van der Waals surface area contributed by atoms with Crippen molar-refractivity contribution in [2.45, 2.75) is 38.1 Å². The zero-order valence-electron chi connectivity index (χ0n) is 23.9. The number of nitrogens with zero attached hydrogens (tertiary/aromatic N) is 3. The second-order valence-electron chi connectivity index (χ2n) is 10.0. The van der Waals surface area contributed by atoms with Gasteiger partial charge in [0, 0.05) is 48.6 Å². The number of aromatic nitrogens is 1. The number of pyridine rings is 1. The van der Waals surface area contributed by atoms with Gasteiger partial charge in [0.2, 0.25) is 0 Å². The van der Waals surface area contributed by atoms with Gasteiger partial charge in [0.05, 0.1) is 18.9 Å². The van der Waals surface area contributed by atoms with Crippen molar-refractivity contribution in [3.05, 3.63) is 52.5 Å². The lowest BCUT2D eigenvalue weighted by molar-refractivity contribution is -0.193. The van der Waals surface area contributed by atoms with Gasteiger partial charge >= 0.3 is 36.4 Å². The smallest absolute Gasteiger partial charge is 0.475 e. The molecule has 0 unspecified atom stereocenters. The van der Waals surface area contributed by atoms with E-state index in [1.54, 1.807) is 0 Å². The third-order valence-electron chi connectivity index (χ3n) is 6.43. The minimum absolute atomic E-state index is 0.399. The molecule has 1 spiro atoms. The maximum atomic E-state index is 10.6. The number of carboxylic acid groups (broad SMARTS) is 3. The van der Waals surface area contributed by atoms with Crippen molar-refractivity contribution in [3.8, 4) is 0 Å². The Bertz CT molecular complexity index is 1170. The largest absolute Gasteiger partial charge is 0.490 e. The Morgan fingerprint density at radius 3 is 1.89 bits per heavy atom. The van der Waals surface area contributed by atoms with Crippen LogP contribution in [-0.2, 0) is 32.3 Å². The average Bonchev–Trinajstić information content (AvgIpc) is 3.65. The average molecular weight is 700 g/mol. The number of halogens is 9. The number of likely N-dealkylation sites (tertiary alicyclic amines) is 2. The maximum absolute atomic E-state index is 10.6. The van der Waals surface area contributed by atoms with E-state index < -0.39 is 36.4 Å². The van der Waals surface area contributed by atoms with Crippen molar-refractivity contribution >= 4 is 29.2 Å². The molecule has 0 aliphatic carbocycles. The van der Waals surface area contributed by atoms with Crippen LogP contribution in [0.1, 0.15) is 17.0 Å². The third-order valence-corrected chi connectivity index (χ3v) is 7.29. The van der Waals surface area contributed by atoms with Crippen molar-refractivity contribution in [1.29, 1.82) is 0 Å². The first-order chi connectivity index (χ1) is 21.1. The summed E-state index contributed by atoms with van der Waals surface area (Å²) in [5.74, 6) is -7.65. The van der Waals surface area contributed by atoms with E-state index in [1.807, 2.05) is 35.7 Å². The second-order valence-corrected chi connectivity index (χ2v) is 11.1. The first kappa shape index (κ1) is 40.5. The van der Waals surface area contributed by atoms with Crippen LogP contribution >= 0.6 is 11.3 Å². The summed E-state index contributed by atoms with van der Waals surface area (Å²) in [6.45, 7) is 7.32. The van der Waals surface area contributed by atoms with Gasteiger partial charge in [-0.1, -0.05) is 12.1 Å². The van der Waals surface area contributed by atoms with Gasteiger partial charge in [0.15, 0.2) is 0 Å². The lowest BCUT2D eigenvalue weighted by Gasteiger charge is -2.30. The molecule has 3 N–H and O–H groups in total. The number of hydrogen-bond donors (Lipinski definition) is 3. The fourth-order valence-corrected chi connectivity index (χ4v) is 5.27. The summed E-state index contributed by atoms with van der Waals surface area (Å²) in [7, 11) is 2.25. The molecule has 2 aliphatic heterocycles. The van der Waals surface area contributed by atoms with Crippen LogP contribution in [0, 0.1) is 11.3 Å². The molecule has 2 aliphatic rings. The van der Waals surface area contributed by atoms with Crippen molar-refractivity contribution in [2.75, 3.05) is 39.8 Å². The van der Waals surface area contributed by atoms with Crippen molar-refractivity contribution in [1.82, 2.24) is 14.8 Å². The molecule has 0 radical (unpaired) electrons. The van der Waals surface area contributed by atoms with Gasteiger partial charge in [-0.25, -0.2) is 14.4 Å². The van der Waals surface area contributed by atoms with Gasteiger partial charge in [-0.05, 0) is 43.6 Å². The van der Waals surface area contributed by atoms with E-state index in [9.17, 15) is 39.5 Å². The fraction of sp³-hybridized carbons (Fsp3) is 0.538. The summed E-state index contributed by atoms with van der Waals surface area (Å²) < 4.78 is 101. The summed E-state index contributed by atoms with van der Waals surface area (Å²) in [6, 6.07) is 10.4. The van der Waals surface area contributed by atoms with Crippen LogP contribution in [0.5, 0.6) is 0 Å². The number of alkyl halides is 9. The van der Waals surface area contributed by atoms with E-state index in [1.165, 1.54) is 30.9 Å². The van der Waals surface area contributed by atoms with E-state index in [0.717, 1.165) is 25.4 Å². The van der Waals surface area contributed by atoms with Crippen LogP contribution in [0.4, 0.5) is 39.5 Å². The Morgan fingerprint density at radius 2 is 1.46 bits per heavy atom. The maximum Gasteiger partial charge on any atom is 0.490 e. The first-order valence-corrected chi connectivity index (χ1v) is 13.8. The molecular formula is C26H30F9N3O7S. The van der Waals surface area contributed by atoms with Crippen LogP contribution < -0.4 is 0 Å². The molecule has 2 aromatic rings. The summed E-state index contributed by atoms with van der Waals surface area (Å²) in [6.07, 6.45) is -12.1. The Labute approximate surface area is 260 Å². The lowest BCUT2D eigenvalue weighted by atomic mass is 9.77. The number of thiophene rings is 1. The molecule has 2 atom stereocenters. The van der Waals surface area contributed by atoms with E-state index >= 15 is 0 Å². The summed E-state index contributed by atoms with van der Waals surface area (Å²) >= 11 is 1.87. The highest BCUT2D eigenvalue weighted by Crippen LogP contribution is 2.44. The Balaban J connectivity index is 0.000000413. The van der Waals surface area contributed by atoms with E-state index in [-0.39, 0.29) is 0 Å². The molecule has 10 nitrogen and oxygen atoms in total. The molecule has 0 bridgehead atoms. The molecule has 2 aromatic heterocycles. The highest BCUT2D eigenvalue weighted by Gasteiger charge is 2.49. The van der Waals surface area contributed by atoms with Crippen LogP contribution in [-0.4, -0.2) is 106 Å². The number of aliphatic carboxylic acids is 3. The highest BCUT2D eigenvalue weighted by atomic mass is 32.1. The van der Waals surface area contributed by atoms with Crippen molar-refractivity contribution in [2.24, 2.45) is 11.3 Å². The molecule has 2 fully saturated rings. The van der Waals surface area contributed by atoms with Crippen molar-refractivity contribution in [3.63, 3.8) is 0 Å². The molecule has 20 heteroatoms. The van der Waals surface area contributed by atoms with Crippen LogP contribution in [0.25, 0.3) is 0 Å². The van der Waals surface area contributed by atoms with Crippen molar-refractivity contribution < 1.29 is 74.0 Å². The van der Waals surface area contributed by atoms with E-state index in [0.29, 0.717) is 17.9 Å². The predicted octanol–water partition coefficient (Wildman–Crippen LogP) is 5.01. The molecule has 0 aromatic carbocycles. The zero-order chi connectivity index (χ0) is 35.3. The Hall–Kier alpha value is -3.49. The van der Waals surface area contributed by atoms with Crippen LogP contribution in [0.2, 0.25) is 0 Å². The zero-order valence-corrected chi connectivity index (χ0v) is 24.7. The van der Waals surface area contributed by atoms with Gasteiger partial charge in [0.25, 0.3) is 0 Å². The number of carbonyl (C=O) groups is 3. The molecule has 260 valence electrons. The molecule has 0 saturated carbocycles. The number of hydrogen-bond acceptors (Lipinski definition) is 8. The highest BCUT2D eigenvalue weighted by molar-refractivity contribution is 7.09. The van der Waals surface area contributed by atoms with Gasteiger partial charge in [-0.2, -0.15) is 39.5 Å². The molecule has 4 heterocycles. The van der Waals surface area contributed by atoms with Gasteiger partial charge in [-0.3, -0.25) is 9.88 Å². The van der Waals surface area contributed by atoms with E-state index in [2.05, 4.69) is 39.3 Å². The van der Waals surface area contributed by atoms with E-state index in [4.69, 9.17) is 34.4 Å². The van der Waals surface area contributed by atoms with Crippen LogP contribution in [0.15, 0.2) is 41.9 Å². The third kappa shape index (κ3) is 14.7. The predicted molar refractivity (Wildman–Crippen MR) is 143 cm³/mol. The molecule has 2 saturated heterocycles. The number of carboxylic acids is 3. The summed E-state index contributed by atoms with van der Waals surface area (Å²) in [4.78, 5) is 37.6. The molecular weight excluding hydrogens is 669 g/mol. The lowest BCUT2D eigenvalue weighted by Crippen LogP contribution is -2.36. The minimum atomic E-state index is -5.08. The standard InChI is InChI=1S/C20H27N3OS.3C2HF3O2/c1-22-11-17(13-24-14-18-5-2-3-8-21-18)20(15-22)7-9-23(16-20)12-19-6-4-10-25-19;3*3-2(4,5)1(6)7/h2-6,8,10,17H,7,9,11-16H2,1H3;3*(H,6,7)/t17-,20+;;;/m0.../s1. The quantitative estimate of drug-likeness (QED) is 0.353. The van der Waals surface area contributed by atoms with Gasteiger partial charge < -0.3 is 25.0 Å². The van der Waals surface area contributed by atoms with Gasteiger partial charge in [-0.15, -0.1) is 11.3 Å².